The van der Waals surface area contributed by atoms with E-state index >= 15 is 0 Å². The lowest BCUT2D eigenvalue weighted by Crippen LogP contribution is -2.15. The minimum atomic E-state index is -0.698. The lowest BCUT2D eigenvalue weighted by molar-refractivity contribution is -0.114. The summed E-state index contributed by atoms with van der Waals surface area (Å²) < 4.78 is 0. The Morgan fingerprint density at radius 1 is 1.70 bits per heavy atom. The lowest BCUT2D eigenvalue weighted by atomic mass is 10.3. The molecule has 0 aromatic rings. The van der Waals surface area contributed by atoms with Crippen LogP contribution < -0.4 is 5.73 Å². The molecule has 54 valence electrons. The molecule has 0 fully saturated rings. The summed E-state index contributed by atoms with van der Waals surface area (Å²) in [4.78, 5) is 12.0. The quantitative estimate of drug-likeness (QED) is 0.412. The highest BCUT2D eigenvalue weighted by Gasteiger charge is 2.01. The van der Waals surface area contributed by atoms with Gasteiger partial charge in [-0.25, -0.2) is 0 Å². The zero-order valence-electron chi connectivity index (χ0n) is 5.96. The van der Waals surface area contributed by atoms with Crippen LogP contribution in [0.1, 0.15) is 0 Å². The maximum atomic E-state index is 10.4. The summed E-state index contributed by atoms with van der Waals surface area (Å²) >= 11 is 0. The number of amides is 1. The SMILES string of the molecule is CN(C)/C=C(\C#N)C(N)=O. The Bertz CT molecular complexity index is 200. The van der Waals surface area contributed by atoms with Crippen molar-refractivity contribution in [3.8, 4) is 6.07 Å². The molecule has 0 spiro atoms. The van der Waals surface area contributed by atoms with Gasteiger partial charge in [0.25, 0.3) is 5.91 Å². The van der Waals surface area contributed by atoms with Crippen LogP contribution in [0, 0.1) is 11.3 Å². The van der Waals surface area contributed by atoms with Gasteiger partial charge in [0.1, 0.15) is 11.6 Å². The minimum absolute atomic E-state index is 0.0370. The standard InChI is InChI=1S/C6H9N3O/c1-9(2)4-5(3-7)6(8)10/h4H,1-2H3,(H2,8,10)/b5-4+. The molecular formula is C6H9N3O. The van der Waals surface area contributed by atoms with Crippen LogP contribution in [-0.2, 0) is 4.79 Å². The number of carbonyl (C=O) groups excluding carboxylic acids is 1. The van der Waals surface area contributed by atoms with E-state index in [-0.39, 0.29) is 5.57 Å². The van der Waals surface area contributed by atoms with Crippen molar-refractivity contribution >= 4 is 5.91 Å². The smallest absolute Gasteiger partial charge is 0.260 e. The van der Waals surface area contributed by atoms with Crippen LogP contribution in [0.5, 0.6) is 0 Å². The van der Waals surface area contributed by atoms with Gasteiger partial charge < -0.3 is 10.6 Å². The molecule has 4 heteroatoms. The molecule has 0 rings (SSSR count). The fourth-order valence-electron chi connectivity index (χ4n) is 0.406. The minimum Gasteiger partial charge on any atom is -0.382 e. The molecule has 1 amide bonds. The van der Waals surface area contributed by atoms with Crippen molar-refractivity contribution in [2.45, 2.75) is 0 Å². The van der Waals surface area contributed by atoms with Gasteiger partial charge in [-0.05, 0) is 0 Å². The van der Waals surface area contributed by atoms with E-state index in [1.54, 1.807) is 25.1 Å². The molecule has 0 radical (unpaired) electrons. The van der Waals surface area contributed by atoms with Gasteiger partial charge in [-0.3, -0.25) is 4.79 Å². The van der Waals surface area contributed by atoms with E-state index in [1.165, 1.54) is 6.20 Å². The number of nitriles is 1. The fraction of sp³-hybridized carbons (Fsp3) is 0.333. The molecular weight excluding hydrogens is 130 g/mol. The zero-order chi connectivity index (χ0) is 8.15. The number of primary amides is 1. The summed E-state index contributed by atoms with van der Waals surface area (Å²) in [5.41, 5.74) is 4.80. The number of nitrogens with zero attached hydrogens (tertiary/aromatic N) is 2. The highest BCUT2D eigenvalue weighted by Crippen LogP contribution is 1.90. The third-order valence-electron chi connectivity index (χ3n) is 0.773. The van der Waals surface area contributed by atoms with Crippen LogP contribution in [0.4, 0.5) is 0 Å². The number of carbonyl (C=O) groups is 1. The number of hydrogen-bond donors (Lipinski definition) is 1. The molecule has 0 bridgehead atoms. The highest BCUT2D eigenvalue weighted by atomic mass is 16.1. The predicted octanol–water partition coefficient (Wildman–Crippen LogP) is -0.559. The molecule has 4 nitrogen and oxygen atoms in total. The molecule has 0 atom stereocenters. The molecule has 0 heterocycles. The summed E-state index contributed by atoms with van der Waals surface area (Å²) in [6.07, 6.45) is 1.38. The van der Waals surface area contributed by atoms with E-state index in [1.807, 2.05) is 0 Å². The molecule has 0 saturated carbocycles. The first-order valence-corrected chi connectivity index (χ1v) is 2.66. The first kappa shape index (κ1) is 8.50. The Kier molecular flexibility index (Phi) is 2.98. The summed E-state index contributed by atoms with van der Waals surface area (Å²) in [7, 11) is 3.42. The first-order valence-electron chi connectivity index (χ1n) is 2.66. The third-order valence-corrected chi connectivity index (χ3v) is 0.773. The normalized spacial score (nSPS) is 10.3. The molecule has 0 unspecified atom stereocenters. The van der Waals surface area contributed by atoms with Gasteiger partial charge in [0, 0.05) is 20.3 Å². The van der Waals surface area contributed by atoms with Crippen molar-refractivity contribution in [1.29, 1.82) is 5.26 Å². The van der Waals surface area contributed by atoms with Crippen molar-refractivity contribution in [3.05, 3.63) is 11.8 Å². The van der Waals surface area contributed by atoms with Crippen LogP contribution in [0.15, 0.2) is 11.8 Å². The van der Waals surface area contributed by atoms with Crippen LogP contribution in [0.25, 0.3) is 0 Å². The van der Waals surface area contributed by atoms with Crippen molar-refractivity contribution in [2.24, 2.45) is 5.73 Å². The van der Waals surface area contributed by atoms with Crippen LogP contribution in [-0.4, -0.2) is 24.9 Å². The Balaban J connectivity index is 4.39. The summed E-state index contributed by atoms with van der Waals surface area (Å²) in [6.45, 7) is 0. The number of nitrogens with two attached hydrogens (primary N) is 1. The van der Waals surface area contributed by atoms with E-state index < -0.39 is 5.91 Å². The molecule has 10 heavy (non-hydrogen) atoms. The van der Waals surface area contributed by atoms with Gasteiger partial charge in [0.15, 0.2) is 0 Å². The second-order valence-corrected chi connectivity index (χ2v) is 1.98. The van der Waals surface area contributed by atoms with Gasteiger partial charge in [0.2, 0.25) is 0 Å². The fourth-order valence-corrected chi connectivity index (χ4v) is 0.406. The number of hydrogen-bond acceptors (Lipinski definition) is 3. The summed E-state index contributed by atoms with van der Waals surface area (Å²) in [5.74, 6) is -0.698. The molecule has 0 aromatic heterocycles. The van der Waals surface area contributed by atoms with E-state index in [0.717, 1.165) is 0 Å². The largest absolute Gasteiger partial charge is 0.382 e. The highest BCUT2D eigenvalue weighted by molar-refractivity contribution is 5.95. The average Bonchev–Trinajstić information content (AvgIpc) is 1.81. The summed E-state index contributed by atoms with van der Waals surface area (Å²) in [6, 6.07) is 1.68. The molecule has 0 aliphatic heterocycles. The monoisotopic (exact) mass is 139 g/mol. The second-order valence-electron chi connectivity index (χ2n) is 1.98. The van der Waals surface area contributed by atoms with Crippen molar-refractivity contribution in [1.82, 2.24) is 4.90 Å². The van der Waals surface area contributed by atoms with E-state index in [2.05, 4.69) is 0 Å². The molecule has 2 N–H and O–H groups in total. The lowest BCUT2D eigenvalue weighted by Gasteiger charge is -2.03. The third kappa shape index (κ3) is 2.72. The Morgan fingerprint density at radius 2 is 2.20 bits per heavy atom. The van der Waals surface area contributed by atoms with Crippen molar-refractivity contribution in [2.75, 3.05) is 14.1 Å². The molecule has 0 saturated heterocycles. The maximum Gasteiger partial charge on any atom is 0.260 e. The molecule has 0 aromatic carbocycles. The Labute approximate surface area is 59.5 Å². The van der Waals surface area contributed by atoms with E-state index in [9.17, 15) is 4.79 Å². The van der Waals surface area contributed by atoms with Crippen molar-refractivity contribution in [3.63, 3.8) is 0 Å². The zero-order valence-corrected chi connectivity index (χ0v) is 5.96. The topological polar surface area (TPSA) is 70.1 Å². The van der Waals surface area contributed by atoms with E-state index in [0.29, 0.717) is 0 Å². The van der Waals surface area contributed by atoms with E-state index in [4.69, 9.17) is 11.0 Å². The maximum absolute atomic E-state index is 10.4. The van der Waals surface area contributed by atoms with Gasteiger partial charge >= 0.3 is 0 Å². The predicted molar refractivity (Wildman–Crippen MR) is 36.6 cm³/mol. The van der Waals surface area contributed by atoms with Crippen LogP contribution >= 0.6 is 0 Å². The van der Waals surface area contributed by atoms with Crippen LogP contribution in [0.3, 0.4) is 0 Å². The van der Waals surface area contributed by atoms with Gasteiger partial charge in [-0.15, -0.1) is 0 Å². The Hall–Kier alpha value is -1.50. The van der Waals surface area contributed by atoms with Gasteiger partial charge in [-0.2, -0.15) is 5.26 Å². The first-order chi connectivity index (χ1) is 4.57. The van der Waals surface area contributed by atoms with Gasteiger partial charge in [-0.1, -0.05) is 0 Å². The second kappa shape index (κ2) is 3.51. The Morgan fingerprint density at radius 3 is 2.30 bits per heavy atom. The van der Waals surface area contributed by atoms with Crippen LogP contribution in [0.2, 0.25) is 0 Å². The molecule has 0 aliphatic rings. The average molecular weight is 139 g/mol. The van der Waals surface area contributed by atoms with Crippen molar-refractivity contribution < 1.29 is 4.79 Å². The summed E-state index contributed by atoms with van der Waals surface area (Å²) in [5, 5.41) is 8.30. The van der Waals surface area contributed by atoms with Gasteiger partial charge in [0.05, 0.1) is 0 Å². The number of rotatable bonds is 2. The molecule has 0 aliphatic carbocycles.